The number of nitrogens with zero attached hydrogens (tertiary/aromatic N) is 1. The topological polar surface area (TPSA) is 43.4 Å². The molecular weight excluding hydrogens is 368 g/mol. The van der Waals surface area contributed by atoms with E-state index in [4.69, 9.17) is 9.47 Å². The van der Waals surface area contributed by atoms with Crippen molar-refractivity contribution in [1.82, 2.24) is 4.98 Å². The van der Waals surface area contributed by atoms with Crippen molar-refractivity contribution in [3.05, 3.63) is 83.4 Å². The van der Waals surface area contributed by atoms with Crippen molar-refractivity contribution in [2.45, 2.75) is 20.1 Å². The van der Waals surface area contributed by atoms with E-state index in [1.54, 1.807) is 18.4 Å². The number of benzene rings is 3. The molecule has 0 spiro atoms. The second-order valence-corrected chi connectivity index (χ2v) is 7.57. The molecule has 1 aromatic heterocycles. The maximum atomic E-state index is 6.00. The molecule has 3 aromatic carbocycles. The van der Waals surface area contributed by atoms with E-state index in [0.717, 1.165) is 27.7 Å². The van der Waals surface area contributed by atoms with Crippen molar-refractivity contribution in [2.24, 2.45) is 0 Å². The number of aromatic nitrogens is 1. The molecule has 0 saturated carbocycles. The molecule has 28 heavy (non-hydrogen) atoms. The van der Waals surface area contributed by atoms with Crippen LogP contribution in [0.5, 0.6) is 11.5 Å². The molecule has 0 aliphatic carbocycles. The molecule has 0 atom stereocenters. The Kier molecular flexibility index (Phi) is 5.44. The molecule has 0 aliphatic heterocycles. The molecule has 0 amide bonds. The van der Waals surface area contributed by atoms with Gasteiger partial charge in [0, 0.05) is 6.54 Å². The van der Waals surface area contributed by atoms with E-state index in [-0.39, 0.29) is 0 Å². The van der Waals surface area contributed by atoms with Crippen LogP contribution in [-0.2, 0) is 13.2 Å². The summed E-state index contributed by atoms with van der Waals surface area (Å²) in [6.07, 6.45) is 0. The first kappa shape index (κ1) is 18.3. The Labute approximate surface area is 168 Å². The van der Waals surface area contributed by atoms with Gasteiger partial charge in [-0.25, -0.2) is 4.98 Å². The van der Waals surface area contributed by atoms with Crippen LogP contribution in [-0.4, -0.2) is 12.1 Å². The van der Waals surface area contributed by atoms with E-state index in [9.17, 15) is 0 Å². The Morgan fingerprint density at radius 3 is 2.61 bits per heavy atom. The van der Waals surface area contributed by atoms with Gasteiger partial charge >= 0.3 is 0 Å². The third-order valence-corrected chi connectivity index (χ3v) is 5.60. The first-order valence-corrected chi connectivity index (χ1v) is 9.98. The summed E-state index contributed by atoms with van der Waals surface area (Å²) in [5.74, 6) is 1.48. The summed E-state index contributed by atoms with van der Waals surface area (Å²) < 4.78 is 12.7. The van der Waals surface area contributed by atoms with Gasteiger partial charge in [-0.05, 0) is 47.9 Å². The molecule has 4 rings (SSSR count). The van der Waals surface area contributed by atoms with E-state index in [1.807, 2.05) is 42.5 Å². The lowest BCUT2D eigenvalue weighted by molar-refractivity contribution is 0.283. The number of ether oxygens (including phenoxy) is 2. The van der Waals surface area contributed by atoms with Crippen LogP contribution in [0.25, 0.3) is 10.2 Å². The van der Waals surface area contributed by atoms with E-state index < -0.39 is 0 Å². The second kappa shape index (κ2) is 8.31. The summed E-state index contributed by atoms with van der Waals surface area (Å²) in [4.78, 5) is 4.61. The molecule has 0 saturated heterocycles. The number of thiazole rings is 1. The summed E-state index contributed by atoms with van der Waals surface area (Å²) in [5.41, 5.74) is 4.52. The lowest BCUT2D eigenvalue weighted by Crippen LogP contribution is -2.02. The molecule has 0 aliphatic rings. The molecule has 142 valence electrons. The zero-order chi connectivity index (χ0) is 19.3. The van der Waals surface area contributed by atoms with E-state index in [0.29, 0.717) is 13.2 Å². The minimum Gasteiger partial charge on any atom is -0.493 e. The van der Waals surface area contributed by atoms with Gasteiger partial charge in [0.2, 0.25) is 0 Å². The molecule has 5 heteroatoms. The van der Waals surface area contributed by atoms with Gasteiger partial charge in [-0.2, -0.15) is 0 Å². The number of para-hydroxylation sites is 1. The standard InChI is InChI=1S/C23H22N2O2S/c1-16-7-3-4-8-18(16)15-27-20-12-11-17(13-21(20)26-2)14-24-23-25-19-9-5-6-10-22(19)28-23/h3-13H,14-15H2,1-2H3,(H,24,25). The van der Waals surface area contributed by atoms with Crippen LogP contribution >= 0.6 is 11.3 Å². The summed E-state index contributed by atoms with van der Waals surface area (Å²) in [5, 5.41) is 4.31. The largest absolute Gasteiger partial charge is 0.493 e. The number of methoxy groups -OCH3 is 1. The Hall–Kier alpha value is -3.05. The molecule has 1 heterocycles. The molecule has 0 radical (unpaired) electrons. The first-order valence-electron chi connectivity index (χ1n) is 9.16. The highest BCUT2D eigenvalue weighted by atomic mass is 32.1. The number of nitrogens with one attached hydrogen (secondary N) is 1. The fourth-order valence-electron chi connectivity index (χ4n) is 2.99. The number of hydrogen-bond donors (Lipinski definition) is 1. The zero-order valence-electron chi connectivity index (χ0n) is 15.9. The first-order chi connectivity index (χ1) is 13.7. The Morgan fingerprint density at radius 2 is 1.79 bits per heavy atom. The molecule has 4 nitrogen and oxygen atoms in total. The average Bonchev–Trinajstić information content (AvgIpc) is 3.15. The number of fused-ring (bicyclic) bond motifs is 1. The molecule has 0 unspecified atom stereocenters. The van der Waals surface area contributed by atoms with Gasteiger partial charge in [-0.15, -0.1) is 0 Å². The van der Waals surface area contributed by atoms with Gasteiger partial charge in [0.1, 0.15) is 6.61 Å². The maximum absolute atomic E-state index is 6.00. The summed E-state index contributed by atoms with van der Waals surface area (Å²) in [6.45, 7) is 3.29. The third kappa shape index (κ3) is 4.10. The predicted molar refractivity (Wildman–Crippen MR) is 115 cm³/mol. The van der Waals surface area contributed by atoms with Gasteiger partial charge in [-0.3, -0.25) is 0 Å². The highest BCUT2D eigenvalue weighted by molar-refractivity contribution is 7.22. The predicted octanol–water partition coefficient (Wildman–Crippen LogP) is 5.80. The average molecular weight is 391 g/mol. The Balaban J connectivity index is 1.43. The maximum Gasteiger partial charge on any atom is 0.184 e. The van der Waals surface area contributed by atoms with Gasteiger partial charge in [0.05, 0.1) is 17.3 Å². The Morgan fingerprint density at radius 1 is 0.964 bits per heavy atom. The van der Waals surface area contributed by atoms with E-state index in [2.05, 4.69) is 41.5 Å². The van der Waals surface area contributed by atoms with E-state index in [1.165, 1.54) is 15.8 Å². The van der Waals surface area contributed by atoms with Gasteiger partial charge in [0.25, 0.3) is 0 Å². The molecule has 0 bridgehead atoms. The summed E-state index contributed by atoms with van der Waals surface area (Å²) in [7, 11) is 1.67. The Bertz CT molecular complexity index is 1060. The number of rotatable bonds is 7. The fourth-order valence-corrected chi connectivity index (χ4v) is 3.86. The monoisotopic (exact) mass is 390 g/mol. The van der Waals surface area contributed by atoms with Crippen molar-refractivity contribution in [2.75, 3.05) is 12.4 Å². The number of anilines is 1. The molecule has 0 fully saturated rings. The quantitative estimate of drug-likeness (QED) is 0.433. The van der Waals surface area contributed by atoms with Crippen molar-refractivity contribution in [3.63, 3.8) is 0 Å². The SMILES string of the molecule is COc1cc(CNc2nc3ccccc3s2)ccc1OCc1ccccc1C. The second-order valence-electron chi connectivity index (χ2n) is 6.54. The van der Waals surface area contributed by atoms with Crippen LogP contribution in [0.2, 0.25) is 0 Å². The highest BCUT2D eigenvalue weighted by Crippen LogP contribution is 2.30. The fraction of sp³-hybridized carbons (Fsp3) is 0.174. The van der Waals surface area contributed by atoms with Crippen LogP contribution in [0.15, 0.2) is 66.7 Å². The highest BCUT2D eigenvalue weighted by Gasteiger charge is 2.08. The molecular formula is C23H22N2O2S. The molecule has 4 aromatic rings. The minimum absolute atomic E-state index is 0.520. The lowest BCUT2D eigenvalue weighted by atomic mass is 10.1. The van der Waals surface area contributed by atoms with Gasteiger partial charge in [-0.1, -0.05) is 53.8 Å². The molecule has 1 N–H and O–H groups in total. The van der Waals surface area contributed by atoms with Crippen LogP contribution < -0.4 is 14.8 Å². The van der Waals surface area contributed by atoms with Crippen molar-refractivity contribution < 1.29 is 9.47 Å². The number of hydrogen-bond acceptors (Lipinski definition) is 5. The number of aryl methyl sites for hydroxylation is 1. The smallest absolute Gasteiger partial charge is 0.184 e. The lowest BCUT2D eigenvalue weighted by Gasteiger charge is -2.13. The van der Waals surface area contributed by atoms with E-state index >= 15 is 0 Å². The van der Waals surface area contributed by atoms with Crippen molar-refractivity contribution in [3.8, 4) is 11.5 Å². The minimum atomic E-state index is 0.520. The van der Waals surface area contributed by atoms with Crippen LogP contribution in [0.1, 0.15) is 16.7 Å². The van der Waals surface area contributed by atoms with Crippen molar-refractivity contribution >= 4 is 26.7 Å². The van der Waals surface area contributed by atoms with Gasteiger partial charge < -0.3 is 14.8 Å². The van der Waals surface area contributed by atoms with Crippen LogP contribution in [0.4, 0.5) is 5.13 Å². The van der Waals surface area contributed by atoms with Crippen LogP contribution in [0, 0.1) is 6.92 Å². The summed E-state index contributed by atoms with van der Waals surface area (Å²) >= 11 is 1.66. The normalized spacial score (nSPS) is 10.8. The zero-order valence-corrected chi connectivity index (χ0v) is 16.8. The third-order valence-electron chi connectivity index (χ3n) is 4.61. The summed E-state index contributed by atoms with van der Waals surface area (Å²) in [6, 6.07) is 22.4. The van der Waals surface area contributed by atoms with Gasteiger partial charge in [0.15, 0.2) is 16.6 Å². The van der Waals surface area contributed by atoms with Crippen molar-refractivity contribution in [1.29, 1.82) is 0 Å². The van der Waals surface area contributed by atoms with Crippen LogP contribution in [0.3, 0.4) is 0 Å².